The van der Waals surface area contributed by atoms with Crippen molar-refractivity contribution >= 4 is 35.7 Å². The molecule has 6 aliphatic heterocycles. The molecule has 24 nitrogen and oxygen atoms in total. The van der Waals surface area contributed by atoms with Crippen molar-refractivity contribution in [3.8, 4) is 0 Å². The number of unbranched alkanes of at least 4 members (excludes halogenated alkanes) is 7. The lowest BCUT2D eigenvalue weighted by Gasteiger charge is -2.56. The third-order valence-corrected chi connectivity index (χ3v) is 37.2. The van der Waals surface area contributed by atoms with Crippen molar-refractivity contribution in [2.75, 3.05) is 68.7 Å². The Hall–Kier alpha value is -3.66. The average molecular weight is 1980 g/mol. The Morgan fingerprint density at radius 2 is 0.415 bits per heavy atom. The first-order chi connectivity index (χ1) is 67.4. The van der Waals surface area contributed by atoms with Crippen molar-refractivity contribution in [2.45, 2.75) is 656 Å². The Morgan fingerprint density at radius 1 is 0.225 bits per heavy atom. The van der Waals surface area contributed by atoms with Gasteiger partial charge in [-0.3, -0.25) is 29.0 Å². The molecule has 8 heterocycles. The second-order valence-electron chi connectivity index (χ2n) is 54.1. The summed E-state index contributed by atoms with van der Waals surface area (Å²) >= 11 is 0. The molecule has 6 saturated heterocycles. The summed E-state index contributed by atoms with van der Waals surface area (Å²) in [5, 5.41) is 14.8. The molecule has 0 N–H and O–H groups in total. The summed E-state index contributed by atoms with van der Waals surface area (Å²) < 4.78 is 0. The van der Waals surface area contributed by atoms with Gasteiger partial charge in [0.25, 0.3) is 0 Å². The molecule has 0 bridgehead atoms. The third-order valence-electron chi connectivity index (χ3n) is 37.2. The summed E-state index contributed by atoms with van der Waals surface area (Å²) in [6, 6.07) is 1.70. The summed E-state index contributed by atoms with van der Waals surface area (Å²) in [6.45, 7) is 73.6. The number of hydrogen-bond acceptors (Lipinski definition) is 24. The molecule has 6 aliphatic carbocycles. The lowest BCUT2D eigenvalue weighted by Crippen LogP contribution is -2.65. The van der Waals surface area contributed by atoms with Crippen molar-refractivity contribution in [3.63, 3.8) is 0 Å². The lowest BCUT2D eigenvalue weighted by atomic mass is 9.78. The predicted molar refractivity (Wildman–Crippen MR) is 587 cm³/mol. The Labute approximate surface area is 868 Å². The van der Waals surface area contributed by atoms with E-state index in [2.05, 4.69) is 254 Å². The van der Waals surface area contributed by atoms with Crippen LogP contribution in [0.2, 0.25) is 0 Å². The Morgan fingerprint density at radius 3 is 0.620 bits per heavy atom. The maximum absolute atomic E-state index is 7.44. The van der Waals surface area contributed by atoms with Crippen LogP contribution in [-0.4, -0.2) is 241 Å². The van der Waals surface area contributed by atoms with E-state index in [9.17, 15) is 0 Å². The van der Waals surface area contributed by atoms with E-state index in [-0.39, 0.29) is 141 Å². The number of aromatic nitrogens is 6. The van der Waals surface area contributed by atoms with E-state index in [0.29, 0.717) is 23.7 Å². The molecule has 6 saturated carbocycles. The van der Waals surface area contributed by atoms with Crippen molar-refractivity contribution in [1.29, 1.82) is 0 Å². The maximum atomic E-state index is 7.44. The Balaban J connectivity index is 0.857. The van der Waals surface area contributed by atoms with E-state index in [1.807, 2.05) is 0 Å². The summed E-state index contributed by atoms with van der Waals surface area (Å²) in [4.78, 5) is 97.5. The van der Waals surface area contributed by atoms with E-state index in [1.165, 1.54) is 116 Å². The van der Waals surface area contributed by atoms with Crippen LogP contribution in [0.3, 0.4) is 0 Å². The van der Waals surface area contributed by atoms with E-state index in [4.69, 9.17) is 58.9 Å². The van der Waals surface area contributed by atoms with Crippen LogP contribution in [-0.2, 0) is 29.0 Å². The molecule has 142 heavy (non-hydrogen) atoms. The van der Waals surface area contributed by atoms with Crippen molar-refractivity contribution < 1.29 is 29.0 Å². The van der Waals surface area contributed by atoms with E-state index in [0.717, 1.165) is 280 Å². The zero-order valence-corrected chi connectivity index (χ0v) is 96.6. The maximum Gasteiger partial charge on any atom is 0.232 e. The van der Waals surface area contributed by atoms with Gasteiger partial charge in [0.15, 0.2) is 0 Å². The van der Waals surface area contributed by atoms with E-state index >= 15 is 0 Å². The van der Waals surface area contributed by atoms with Crippen LogP contribution in [0, 0.1) is 23.7 Å². The number of rotatable bonds is 43. The van der Waals surface area contributed by atoms with Crippen LogP contribution in [0.1, 0.15) is 515 Å². The monoisotopic (exact) mass is 1980 g/mol. The highest BCUT2D eigenvalue weighted by atomic mass is 16.7. The summed E-state index contributed by atoms with van der Waals surface area (Å²) in [5.41, 5.74) is -2.14. The van der Waals surface area contributed by atoms with Crippen molar-refractivity contribution in [2.24, 2.45) is 23.7 Å². The molecule has 12 aliphatic rings. The minimum atomic E-state index is -0.301. The van der Waals surface area contributed by atoms with Crippen LogP contribution in [0.5, 0.6) is 0 Å². The molecule has 0 radical (unpaired) electrons. The molecule has 2 aromatic rings. The fraction of sp³-hybridized carbons (Fsp3) is 0.949. The molecule has 0 spiro atoms. The van der Waals surface area contributed by atoms with Gasteiger partial charge in [-0.05, 0) is 355 Å². The predicted octanol–water partition coefficient (Wildman–Crippen LogP) is 27.5. The fourth-order valence-corrected chi connectivity index (χ4v) is 30.1. The minimum Gasteiger partial charge on any atom is -0.338 e. The second kappa shape index (κ2) is 49.8. The number of anilines is 6. The van der Waals surface area contributed by atoms with Gasteiger partial charge in [-0.15, -0.1) is 0 Å². The largest absolute Gasteiger partial charge is 0.338 e. The van der Waals surface area contributed by atoms with Crippen LogP contribution >= 0.6 is 0 Å². The highest BCUT2D eigenvalue weighted by Crippen LogP contribution is 2.51. The van der Waals surface area contributed by atoms with Gasteiger partial charge in [-0.25, -0.2) is 0 Å². The van der Waals surface area contributed by atoms with Crippen molar-refractivity contribution in [1.82, 2.24) is 60.3 Å². The molecule has 814 valence electrons. The van der Waals surface area contributed by atoms with Crippen LogP contribution < -0.4 is 29.4 Å². The topological polar surface area (TPSA) is 172 Å². The molecular weight excluding hydrogens is 1770 g/mol. The second-order valence-corrected chi connectivity index (χ2v) is 54.1. The number of piperidine rings is 6. The summed E-state index contributed by atoms with van der Waals surface area (Å²) in [5.74, 6) is 7.25. The highest BCUT2D eigenvalue weighted by Gasteiger charge is 2.56. The first kappa shape index (κ1) is 114. The van der Waals surface area contributed by atoms with Gasteiger partial charge >= 0.3 is 0 Å². The number of nitrogens with zero attached hydrogens (tertiary/aromatic N) is 18. The highest BCUT2D eigenvalue weighted by molar-refractivity contribution is 5.51. The zero-order valence-electron chi connectivity index (χ0n) is 96.6. The third kappa shape index (κ3) is 28.2. The van der Waals surface area contributed by atoms with Crippen LogP contribution in [0.15, 0.2) is 0 Å². The van der Waals surface area contributed by atoms with E-state index < -0.39 is 0 Å². The number of hydroxylamine groups is 12. The molecule has 16 unspecified atom stereocenters. The van der Waals surface area contributed by atoms with Gasteiger partial charge < -0.3 is 29.4 Å². The molecule has 12 fully saturated rings. The van der Waals surface area contributed by atoms with Crippen LogP contribution in [0.4, 0.5) is 35.7 Å². The van der Waals surface area contributed by atoms with Gasteiger partial charge in [0, 0.05) is 144 Å². The zero-order chi connectivity index (χ0) is 102. The Bertz CT molecular complexity index is 3650. The molecular formula is C118H216N18O6. The lowest BCUT2D eigenvalue weighted by molar-refractivity contribution is -0.310. The quantitative estimate of drug-likeness (QED) is 0.0574. The SMILES string of the molecule is CCCCN(c1nc(N(CCCC)C2CC(C)N(OC3CCCCC3C)C(C)(C)C2)nc(N(CCCCCCN(c2nc(N(CCCC)C3CC(C)N(OC4CCCCC4C)C(C)(C)C3)nc(N(CCCC)C3CC(C)N(OC4CCCCC4C)C(C)(C)C3)n2)C2CC(C)(C)N(OC3CCCCC3)C(C)(C)C2)C2CC(C)(C)N(OC3CCCCC3)C(C)(C)C2)n1)C1CC(C)N(OC2CCCCC2C)C(C)(C)C1. The number of hydrogen-bond donors (Lipinski definition) is 0. The van der Waals surface area contributed by atoms with Gasteiger partial charge in [0.2, 0.25) is 35.7 Å². The van der Waals surface area contributed by atoms with Crippen LogP contribution in [0.25, 0.3) is 0 Å². The first-order valence-corrected chi connectivity index (χ1v) is 60.3. The van der Waals surface area contributed by atoms with E-state index in [1.54, 1.807) is 0 Å². The molecule has 14 rings (SSSR count). The molecule has 0 amide bonds. The standard InChI is InChI=1S/C118H216N18O6/c1-29-33-67-125(93-73-89(9)131(111(13,14)77-93)139-101-63-49-45-55-85(101)5)105-119-106(126(68-34-30-2)94-74-90(10)132(112(15,16)78-94)140-102-64-50-46-56-86(102)6)122-109(121-105)129(97-81-115(21,22)135(116(23,24)82-97)137-99-59-41-39-42-60-99)71-53-37-38-54-72-130(98-83-117(25,26)136(118(27,28)84-98)138-100-61-43-40-44-62-100)110-123-107(127(69-35-31-3)95-75-91(11)133(113(17,18)79-95)141-103-65-51-47-57-87(103)7)120-108(124-110)128(70-36-32-4)96-76-92(12)134(114(19,20)80-96)142-104-66-52-48-58-88(104)8/h85-104H,29-84H2,1-28H3. The molecule has 0 aromatic carbocycles. The summed E-state index contributed by atoms with van der Waals surface area (Å²) in [6.07, 6.45) is 56.9. The first-order valence-electron chi connectivity index (χ1n) is 60.3. The smallest absolute Gasteiger partial charge is 0.232 e. The van der Waals surface area contributed by atoms with Gasteiger partial charge in [-0.2, -0.15) is 60.3 Å². The Kier molecular flexibility index (Phi) is 40.0. The minimum absolute atomic E-state index is 0.104. The molecule has 2 aromatic heterocycles. The molecule has 24 heteroatoms. The van der Waals surface area contributed by atoms with Crippen molar-refractivity contribution in [3.05, 3.63) is 0 Å². The normalized spacial score (nSPS) is 32.3. The van der Waals surface area contributed by atoms with Gasteiger partial charge in [-0.1, -0.05) is 184 Å². The summed E-state index contributed by atoms with van der Waals surface area (Å²) in [7, 11) is 0. The van der Waals surface area contributed by atoms with Gasteiger partial charge in [0.1, 0.15) is 0 Å². The van der Waals surface area contributed by atoms with Gasteiger partial charge in [0.05, 0.1) is 36.6 Å². The fourth-order valence-electron chi connectivity index (χ4n) is 30.1. The molecule has 16 atom stereocenters. The average Bonchev–Trinajstić information content (AvgIpc) is 0.745.